The van der Waals surface area contributed by atoms with Gasteiger partial charge in [0.05, 0.1) is 27.9 Å². The number of carbonyl (C=O) groups is 3. The molecule has 0 aliphatic carbocycles. The van der Waals surface area contributed by atoms with Crippen LogP contribution in [0.4, 0.5) is 33.3 Å². The Kier molecular flexibility index (Phi) is 5.93. The molecule has 5 rings (SSSR count). The van der Waals surface area contributed by atoms with E-state index in [0.717, 1.165) is 17.0 Å². The molecule has 0 spiro atoms. The predicted molar refractivity (Wildman–Crippen MR) is 124 cm³/mol. The summed E-state index contributed by atoms with van der Waals surface area (Å²) in [6, 6.07) is 11.5. The molecule has 6 nitrogen and oxygen atoms in total. The number of anilines is 2. The largest absolute Gasteiger partial charge is 0.417 e. The van der Waals surface area contributed by atoms with E-state index in [1.165, 1.54) is 23.1 Å². The molecule has 3 aromatic carbocycles. The van der Waals surface area contributed by atoms with Gasteiger partial charge in [-0.25, -0.2) is 13.7 Å². The second-order valence-electron chi connectivity index (χ2n) is 8.62. The molecule has 0 radical (unpaired) electrons. The molecule has 0 unspecified atom stereocenters. The van der Waals surface area contributed by atoms with Gasteiger partial charge >= 0.3 is 6.18 Å². The van der Waals surface area contributed by atoms with Crippen LogP contribution >= 0.6 is 0 Å². The molecule has 2 aliphatic rings. The molecule has 2 aliphatic heterocycles. The topological polar surface area (TPSA) is 60.9 Å². The summed E-state index contributed by atoms with van der Waals surface area (Å²) in [5.41, 5.74) is -0.763. The zero-order valence-electron chi connectivity index (χ0n) is 19.1. The maximum atomic E-state index is 13.7. The van der Waals surface area contributed by atoms with E-state index < -0.39 is 46.7 Å². The Balaban J connectivity index is 1.32. The lowest BCUT2D eigenvalue weighted by atomic mass is 10.0. The summed E-state index contributed by atoms with van der Waals surface area (Å²) in [5, 5.41) is 0. The number of halogens is 5. The fourth-order valence-corrected chi connectivity index (χ4v) is 4.53. The maximum absolute atomic E-state index is 13.7. The van der Waals surface area contributed by atoms with Gasteiger partial charge in [-0.3, -0.25) is 14.4 Å². The molecule has 11 heteroatoms. The molecule has 0 atom stereocenters. The van der Waals surface area contributed by atoms with Crippen molar-refractivity contribution in [1.82, 2.24) is 4.90 Å². The normalized spacial score (nSPS) is 15.9. The molecule has 2 heterocycles. The number of benzene rings is 3. The monoisotopic (exact) mass is 515 g/mol. The molecule has 0 bridgehead atoms. The van der Waals surface area contributed by atoms with Crippen LogP contribution in [0, 0.1) is 11.6 Å². The molecule has 0 aromatic heterocycles. The van der Waals surface area contributed by atoms with E-state index in [9.17, 15) is 36.3 Å². The van der Waals surface area contributed by atoms with Gasteiger partial charge in [-0.15, -0.1) is 0 Å². The SMILES string of the molecule is O=C(c1cc(F)ccc1C(F)(F)F)N1CCN(c2ccc3c(c2)C(=O)N(c2ccc(F)cc2)C3=O)CC1. The van der Waals surface area contributed by atoms with Crippen molar-refractivity contribution in [3.8, 4) is 0 Å². The first-order chi connectivity index (χ1) is 17.5. The number of hydrogen-bond acceptors (Lipinski definition) is 4. The van der Waals surface area contributed by atoms with Crippen LogP contribution < -0.4 is 9.80 Å². The maximum Gasteiger partial charge on any atom is 0.417 e. The predicted octanol–water partition coefficient (Wildman–Crippen LogP) is 4.75. The highest BCUT2D eigenvalue weighted by atomic mass is 19.4. The average molecular weight is 515 g/mol. The van der Waals surface area contributed by atoms with Crippen molar-refractivity contribution in [2.45, 2.75) is 6.18 Å². The van der Waals surface area contributed by atoms with E-state index in [4.69, 9.17) is 0 Å². The minimum atomic E-state index is -4.81. The summed E-state index contributed by atoms with van der Waals surface area (Å²) < 4.78 is 66.9. The molecular weight excluding hydrogens is 497 g/mol. The number of nitrogens with zero attached hydrogens (tertiary/aromatic N) is 3. The number of imide groups is 1. The van der Waals surface area contributed by atoms with Crippen LogP contribution in [0.1, 0.15) is 36.6 Å². The summed E-state index contributed by atoms with van der Waals surface area (Å²) >= 11 is 0. The first-order valence-electron chi connectivity index (χ1n) is 11.2. The molecule has 1 fully saturated rings. The Hall–Kier alpha value is -4.28. The number of fused-ring (bicyclic) bond motifs is 1. The summed E-state index contributed by atoms with van der Waals surface area (Å²) in [6.45, 7) is 0.618. The highest BCUT2D eigenvalue weighted by Gasteiger charge is 2.39. The van der Waals surface area contributed by atoms with Gasteiger partial charge in [-0.2, -0.15) is 13.2 Å². The van der Waals surface area contributed by atoms with Crippen molar-refractivity contribution in [2.75, 3.05) is 36.0 Å². The molecular formula is C26H18F5N3O3. The van der Waals surface area contributed by atoms with Crippen molar-refractivity contribution >= 4 is 29.1 Å². The Morgan fingerprint density at radius 1 is 0.703 bits per heavy atom. The summed E-state index contributed by atoms with van der Waals surface area (Å²) in [6.07, 6.45) is -4.81. The number of rotatable bonds is 3. The minimum Gasteiger partial charge on any atom is -0.368 e. The highest BCUT2D eigenvalue weighted by Crippen LogP contribution is 2.34. The molecule has 0 saturated carbocycles. The number of amides is 3. The van der Waals surface area contributed by atoms with Crippen LogP contribution in [-0.4, -0.2) is 48.8 Å². The van der Waals surface area contributed by atoms with Crippen molar-refractivity contribution in [1.29, 1.82) is 0 Å². The van der Waals surface area contributed by atoms with E-state index in [0.29, 0.717) is 23.9 Å². The standard InChI is InChI=1S/C26H18F5N3O3/c27-15-1-4-17(5-2-15)34-24(36)19-7-6-18(14-20(19)25(34)37)32-9-11-33(12-10-32)23(35)21-13-16(28)3-8-22(21)26(29,30)31/h1-8,13-14H,9-12H2. The second kappa shape index (κ2) is 8.99. The van der Waals surface area contributed by atoms with E-state index in [-0.39, 0.29) is 43.0 Å². The van der Waals surface area contributed by atoms with Gasteiger partial charge in [0.1, 0.15) is 11.6 Å². The number of hydrogen-bond donors (Lipinski definition) is 0. The van der Waals surface area contributed by atoms with Crippen LogP contribution in [0.3, 0.4) is 0 Å². The molecule has 3 aromatic rings. The highest BCUT2D eigenvalue weighted by molar-refractivity contribution is 6.34. The summed E-state index contributed by atoms with van der Waals surface area (Å²) in [5.74, 6) is -3.47. The molecule has 1 saturated heterocycles. The number of alkyl halides is 3. The van der Waals surface area contributed by atoms with Gasteiger partial charge in [-0.05, 0) is 60.7 Å². The van der Waals surface area contributed by atoms with Crippen LogP contribution in [-0.2, 0) is 6.18 Å². The van der Waals surface area contributed by atoms with Crippen LogP contribution in [0.2, 0.25) is 0 Å². The third kappa shape index (κ3) is 4.41. The van der Waals surface area contributed by atoms with E-state index in [2.05, 4.69) is 0 Å². The van der Waals surface area contributed by atoms with E-state index in [1.807, 2.05) is 4.90 Å². The van der Waals surface area contributed by atoms with Crippen molar-refractivity contribution in [2.24, 2.45) is 0 Å². The lowest BCUT2D eigenvalue weighted by molar-refractivity contribution is -0.138. The molecule has 0 N–H and O–H groups in total. The minimum absolute atomic E-state index is 0.0678. The zero-order valence-corrected chi connectivity index (χ0v) is 19.1. The Labute approximate surface area is 207 Å². The van der Waals surface area contributed by atoms with Crippen molar-refractivity contribution in [3.63, 3.8) is 0 Å². The first-order valence-corrected chi connectivity index (χ1v) is 11.2. The smallest absolute Gasteiger partial charge is 0.368 e. The molecule has 37 heavy (non-hydrogen) atoms. The fourth-order valence-electron chi connectivity index (χ4n) is 4.53. The van der Waals surface area contributed by atoms with Crippen LogP contribution in [0.5, 0.6) is 0 Å². The van der Waals surface area contributed by atoms with Gasteiger partial charge < -0.3 is 9.80 Å². The number of piperazine rings is 1. The lowest BCUT2D eigenvalue weighted by Crippen LogP contribution is -2.49. The Bertz CT molecular complexity index is 1410. The van der Waals surface area contributed by atoms with Crippen molar-refractivity contribution < 1.29 is 36.3 Å². The first kappa shape index (κ1) is 24.4. The van der Waals surface area contributed by atoms with Crippen molar-refractivity contribution in [3.05, 3.63) is 94.6 Å². The zero-order chi connectivity index (χ0) is 26.5. The molecule has 190 valence electrons. The van der Waals surface area contributed by atoms with E-state index >= 15 is 0 Å². The average Bonchev–Trinajstić information content (AvgIpc) is 3.12. The second-order valence-corrected chi connectivity index (χ2v) is 8.62. The van der Waals surface area contributed by atoms with Gasteiger partial charge in [0.2, 0.25) is 0 Å². The lowest BCUT2D eigenvalue weighted by Gasteiger charge is -2.36. The fraction of sp³-hybridized carbons (Fsp3) is 0.192. The van der Waals surface area contributed by atoms with Gasteiger partial charge in [-0.1, -0.05) is 0 Å². The van der Waals surface area contributed by atoms with Crippen LogP contribution in [0.25, 0.3) is 0 Å². The van der Waals surface area contributed by atoms with E-state index in [1.54, 1.807) is 12.1 Å². The summed E-state index contributed by atoms with van der Waals surface area (Å²) in [7, 11) is 0. The van der Waals surface area contributed by atoms with Crippen LogP contribution in [0.15, 0.2) is 60.7 Å². The van der Waals surface area contributed by atoms with Gasteiger partial charge in [0.15, 0.2) is 0 Å². The Morgan fingerprint density at radius 2 is 1.30 bits per heavy atom. The third-order valence-electron chi connectivity index (χ3n) is 6.40. The van der Waals surface area contributed by atoms with Gasteiger partial charge in [0.25, 0.3) is 17.7 Å². The third-order valence-corrected chi connectivity index (χ3v) is 6.40. The Morgan fingerprint density at radius 3 is 1.95 bits per heavy atom. The molecule has 3 amide bonds. The quantitative estimate of drug-likeness (QED) is 0.373. The number of carbonyl (C=O) groups excluding carboxylic acids is 3. The summed E-state index contributed by atoms with van der Waals surface area (Å²) in [4.78, 5) is 42.6. The van der Waals surface area contributed by atoms with Gasteiger partial charge in [0, 0.05) is 31.9 Å².